The fourth-order valence-corrected chi connectivity index (χ4v) is 4.79. The summed E-state index contributed by atoms with van der Waals surface area (Å²) in [5.74, 6) is 1.51. The Kier molecular flexibility index (Phi) is 6.35. The van der Waals surface area contributed by atoms with E-state index in [4.69, 9.17) is 9.47 Å². The lowest BCUT2D eigenvalue weighted by molar-refractivity contribution is 0.0805. The van der Waals surface area contributed by atoms with E-state index in [0.717, 1.165) is 19.3 Å². The van der Waals surface area contributed by atoms with Gasteiger partial charge in [0.05, 0.1) is 19.1 Å². The van der Waals surface area contributed by atoms with Gasteiger partial charge in [0, 0.05) is 18.2 Å². The molecule has 0 aromatic heterocycles. The maximum atomic E-state index is 12.8. The molecule has 0 aliphatic heterocycles. The second kappa shape index (κ2) is 7.93. The number of likely N-dealkylation sites (N-methyl/N-ethyl adjacent to an activating group) is 1. The normalized spacial score (nSPS) is 24.3. The Balaban J connectivity index is 2.20. The van der Waals surface area contributed by atoms with Gasteiger partial charge in [0.2, 0.25) is 10.0 Å². The molecule has 2 atom stereocenters. The minimum absolute atomic E-state index is 0.138. The van der Waals surface area contributed by atoms with Crippen molar-refractivity contribution in [1.82, 2.24) is 9.62 Å². The van der Waals surface area contributed by atoms with Crippen molar-refractivity contribution < 1.29 is 17.9 Å². The molecule has 25 heavy (non-hydrogen) atoms. The standard InChI is InChI=1S/C18H30N2O4S/c1-14-7-6-10-18(12-14,20(2)3)13-19-25(21,22)15-8-9-16(23-4)17(11-15)24-5/h8-9,11,14,19H,6-7,10,12-13H2,1-5H3/t14-,18+/m1/s1. The lowest BCUT2D eigenvalue weighted by atomic mass is 9.75. The summed E-state index contributed by atoms with van der Waals surface area (Å²) >= 11 is 0. The Labute approximate surface area is 151 Å². The summed E-state index contributed by atoms with van der Waals surface area (Å²) in [6.07, 6.45) is 4.32. The molecule has 1 aliphatic carbocycles. The Hall–Kier alpha value is -1.31. The predicted molar refractivity (Wildman–Crippen MR) is 98.8 cm³/mol. The van der Waals surface area contributed by atoms with Crippen LogP contribution < -0.4 is 14.2 Å². The highest BCUT2D eigenvalue weighted by molar-refractivity contribution is 7.89. The molecule has 1 aromatic rings. The monoisotopic (exact) mass is 370 g/mol. The zero-order chi connectivity index (χ0) is 18.7. The molecular formula is C18H30N2O4S. The molecule has 6 nitrogen and oxygen atoms in total. The van der Waals surface area contributed by atoms with E-state index >= 15 is 0 Å². The highest BCUT2D eigenvalue weighted by Gasteiger charge is 2.38. The number of nitrogens with one attached hydrogen (secondary N) is 1. The van der Waals surface area contributed by atoms with E-state index in [1.807, 2.05) is 14.1 Å². The largest absolute Gasteiger partial charge is 0.493 e. The van der Waals surface area contributed by atoms with Crippen molar-refractivity contribution in [2.75, 3.05) is 34.9 Å². The van der Waals surface area contributed by atoms with Gasteiger partial charge in [-0.2, -0.15) is 0 Å². The Morgan fingerprint density at radius 2 is 1.92 bits per heavy atom. The third-order valence-electron chi connectivity index (χ3n) is 5.27. The van der Waals surface area contributed by atoms with Gasteiger partial charge in [-0.05, 0) is 45.0 Å². The zero-order valence-electron chi connectivity index (χ0n) is 15.8. The van der Waals surface area contributed by atoms with E-state index in [9.17, 15) is 8.42 Å². The number of hydrogen-bond donors (Lipinski definition) is 1. The average Bonchev–Trinajstić information content (AvgIpc) is 2.59. The molecular weight excluding hydrogens is 340 g/mol. The van der Waals surface area contributed by atoms with Crippen molar-refractivity contribution >= 4 is 10.0 Å². The van der Waals surface area contributed by atoms with Crippen LogP contribution in [0.3, 0.4) is 0 Å². The Morgan fingerprint density at radius 1 is 1.24 bits per heavy atom. The summed E-state index contributed by atoms with van der Waals surface area (Å²) in [5, 5.41) is 0. The quantitative estimate of drug-likeness (QED) is 0.799. The average molecular weight is 371 g/mol. The van der Waals surface area contributed by atoms with Crippen LogP contribution in [-0.2, 0) is 10.0 Å². The van der Waals surface area contributed by atoms with Crippen LogP contribution in [0.4, 0.5) is 0 Å². The number of sulfonamides is 1. The van der Waals surface area contributed by atoms with E-state index in [0.29, 0.717) is 24.0 Å². The van der Waals surface area contributed by atoms with Crippen LogP contribution in [-0.4, -0.2) is 53.7 Å². The first-order valence-corrected chi connectivity index (χ1v) is 10.1. The number of methoxy groups -OCH3 is 2. The molecule has 1 N–H and O–H groups in total. The molecule has 1 fully saturated rings. The smallest absolute Gasteiger partial charge is 0.240 e. The third-order valence-corrected chi connectivity index (χ3v) is 6.67. The summed E-state index contributed by atoms with van der Waals surface area (Å²) < 4.78 is 38.7. The molecule has 2 rings (SSSR count). The zero-order valence-corrected chi connectivity index (χ0v) is 16.6. The van der Waals surface area contributed by atoms with E-state index in [2.05, 4.69) is 16.5 Å². The number of benzene rings is 1. The van der Waals surface area contributed by atoms with Gasteiger partial charge in [0.25, 0.3) is 0 Å². The van der Waals surface area contributed by atoms with Gasteiger partial charge < -0.3 is 14.4 Å². The van der Waals surface area contributed by atoms with Crippen molar-refractivity contribution in [3.8, 4) is 11.5 Å². The van der Waals surface area contributed by atoms with Crippen LogP contribution in [0.2, 0.25) is 0 Å². The van der Waals surface area contributed by atoms with Gasteiger partial charge in [0.1, 0.15) is 0 Å². The SMILES string of the molecule is COc1ccc(S(=O)(=O)NC[C@]2(N(C)C)CCC[C@@H](C)C2)cc1OC. The summed E-state index contributed by atoms with van der Waals surface area (Å²) in [6, 6.07) is 4.64. The maximum absolute atomic E-state index is 12.8. The topological polar surface area (TPSA) is 67.9 Å². The number of ether oxygens (including phenoxy) is 2. The molecule has 0 unspecified atom stereocenters. The molecule has 0 spiro atoms. The first-order valence-electron chi connectivity index (χ1n) is 8.63. The van der Waals surface area contributed by atoms with Crippen molar-refractivity contribution in [2.45, 2.75) is 43.0 Å². The fourth-order valence-electron chi connectivity index (χ4n) is 3.65. The number of nitrogens with zero attached hydrogens (tertiary/aromatic N) is 1. The van der Waals surface area contributed by atoms with Crippen molar-refractivity contribution in [2.24, 2.45) is 5.92 Å². The van der Waals surface area contributed by atoms with Crippen LogP contribution in [0.5, 0.6) is 11.5 Å². The van der Waals surface area contributed by atoms with Crippen LogP contribution in [0.1, 0.15) is 32.6 Å². The molecule has 0 heterocycles. The molecule has 0 amide bonds. The third kappa shape index (κ3) is 4.46. The molecule has 1 aromatic carbocycles. The lowest BCUT2D eigenvalue weighted by Crippen LogP contribution is -2.55. The molecule has 7 heteroatoms. The van der Waals surface area contributed by atoms with E-state index < -0.39 is 10.0 Å². The molecule has 1 aliphatic rings. The maximum Gasteiger partial charge on any atom is 0.240 e. The summed E-state index contributed by atoms with van der Waals surface area (Å²) in [4.78, 5) is 2.35. The van der Waals surface area contributed by atoms with Gasteiger partial charge >= 0.3 is 0 Å². The predicted octanol–water partition coefficient (Wildman–Crippen LogP) is 2.49. The van der Waals surface area contributed by atoms with Gasteiger partial charge in [0.15, 0.2) is 11.5 Å². The van der Waals surface area contributed by atoms with Crippen molar-refractivity contribution in [3.63, 3.8) is 0 Å². The number of hydrogen-bond acceptors (Lipinski definition) is 5. The van der Waals surface area contributed by atoms with Gasteiger partial charge in [-0.3, -0.25) is 0 Å². The summed E-state index contributed by atoms with van der Waals surface area (Å²) in [6.45, 7) is 2.64. The highest BCUT2D eigenvalue weighted by Crippen LogP contribution is 2.36. The van der Waals surface area contributed by atoms with E-state index in [1.165, 1.54) is 32.8 Å². The molecule has 0 saturated heterocycles. The van der Waals surface area contributed by atoms with E-state index in [-0.39, 0.29) is 10.4 Å². The van der Waals surface area contributed by atoms with Gasteiger partial charge in [-0.25, -0.2) is 13.1 Å². The molecule has 0 radical (unpaired) electrons. The lowest BCUT2D eigenvalue weighted by Gasteiger charge is -2.45. The van der Waals surface area contributed by atoms with Crippen LogP contribution in [0.25, 0.3) is 0 Å². The van der Waals surface area contributed by atoms with Crippen LogP contribution in [0, 0.1) is 5.92 Å². The van der Waals surface area contributed by atoms with Gasteiger partial charge in [-0.15, -0.1) is 0 Å². The first kappa shape index (κ1) is 20.0. The Bertz CT molecular complexity index is 690. The molecule has 1 saturated carbocycles. The van der Waals surface area contributed by atoms with Crippen molar-refractivity contribution in [3.05, 3.63) is 18.2 Å². The molecule has 142 valence electrons. The second-order valence-corrected chi connectivity index (χ2v) is 8.93. The fraction of sp³-hybridized carbons (Fsp3) is 0.667. The number of rotatable bonds is 7. The summed E-state index contributed by atoms with van der Waals surface area (Å²) in [5.41, 5.74) is -0.138. The summed E-state index contributed by atoms with van der Waals surface area (Å²) in [7, 11) is 3.46. The van der Waals surface area contributed by atoms with Gasteiger partial charge in [-0.1, -0.05) is 19.8 Å². The second-order valence-electron chi connectivity index (χ2n) is 7.16. The van der Waals surface area contributed by atoms with Crippen LogP contribution in [0.15, 0.2) is 23.1 Å². The first-order chi connectivity index (χ1) is 11.7. The minimum atomic E-state index is -3.62. The van der Waals surface area contributed by atoms with Crippen LogP contribution >= 0.6 is 0 Å². The molecule has 0 bridgehead atoms. The van der Waals surface area contributed by atoms with Crippen molar-refractivity contribution in [1.29, 1.82) is 0 Å². The van der Waals surface area contributed by atoms with E-state index in [1.54, 1.807) is 6.07 Å². The minimum Gasteiger partial charge on any atom is -0.493 e. The Morgan fingerprint density at radius 3 is 2.48 bits per heavy atom. The highest BCUT2D eigenvalue weighted by atomic mass is 32.2.